The topological polar surface area (TPSA) is 68.1 Å². The van der Waals surface area contributed by atoms with Crippen molar-refractivity contribution in [2.75, 3.05) is 6.54 Å². The number of non-ortho nitro benzene ring substituents is 1. The summed E-state index contributed by atoms with van der Waals surface area (Å²) in [6.07, 6.45) is 0. The summed E-state index contributed by atoms with van der Waals surface area (Å²) >= 11 is 1.60. The molecule has 0 saturated carbocycles. The quantitative estimate of drug-likeness (QED) is 0.669. The third-order valence-electron chi connectivity index (χ3n) is 3.40. The predicted octanol–water partition coefficient (Wildman–Crippen LogP) is 4.01. The van der Waals surface area contributed by atoms with Gasteiger partial charge in [-0.25, -0.2) is 4.98 Å². The zero-order chi connectivity index (χ0) is 15.6. The summed E-state index contributed by atoms with van der Waals surface area (Å²) in [4.78, 5) is 16.4. The molecule has 1 aromatic heterocycles. The Morgan fingerprint density at radius 3 is 2.76 bits per heavy atom. The van der Waals surface area contributed by atoms with E-state index in [2.05, 4.69) is 24.1 Å². The maximum absolute atomic E-state index is 10.9. The van der Waals surface area contributed by atoms with Gasteiger partial charge in [0.1, 0.15) is 5.01 Å². The fourth-order valence-corrected chi connectivity index (χ4v) is 3.45. The van der Waals surface area contributed by atoms with E-state index in [1.54, 1.807) is 23.5 Å². The predicted molar refractivity (Wildman–Crippen MR) is 85.8 cm³/mol. The largest absolute Gasteiger partial charge is 0.310 e. The number of thiazole rings is 1. The Kier molecular flexibility index (Phi) is 4.69. The zero-order valence-corrected chi connectivity index (χ0v) is 13.5. The number of hydrogen-bond donors (Lipinski definition) is 1. The Balaban J connectivity index is 2.45. The van der Waals surface area contributed by atoms with Crippen LogP contribution in [-0.2, 0) is 0 Å². The molecule has 0 aliphatic rings. The lowest BCUT2D eigenvalue weighted by molar-refractivity contribution is -0.384. The molecular weight excluding hydrogens is 286 g/mol. The van der Waals surface area contributed by atoms with Crippen LogP contribution in [0.3, 0.4) is 0 Å². The Bertz CT molecular complexity index is 667. The van der Waals surface area contributed by atoms with Crippen molar-refractivity contribution >= 4 is 17.0 Å². The maximum Gasteiger partial charge on any atom is 0.270 e. The first-order chi connectivity index (χ1) is 9.93. The number of nitrogens with zero attached hydrogens (tertiary/aromatic N) is 2. The molecule has 5 nitrogen and oxygen atoms in total. The van der Waals surface area contributed by atoms with Crippen LogP contribution < -0.4 is 5.32 Å². The van der Waals surface area contributed by atoms with E-state index >= 15 is 0 Å². The summed E-state index contributed by atoms with van der Waals surface area (Å²) in [5, 5.41) is 15.2. The van der Waals surface area contributed by atoms with Gasteiger partial charge in [0.05, 0.1) is 10.6 Å². The molecule has 1 atom stereocenters. The number of nitro benzene ring substituents is 1. The molecule has 1 N–H and O–H groups in total. The molecule has 2 rings (SSSR count). The van der Waals surface area contributed by atoms with Crippen molar-refractivity contribution in [2.24, 2.45) is 0 Å². The molecular formula is C15H19N3O2S. The zero-order valence-electron chi connectivity index (χ0n) is 12.6. The van der Waals surface area contributed by atoms with Crippen LogP contribution in [-0.4, -0.2) is 16.5 Å². The summed E-state index contributed by atoms with van der Waals surface area (Å²) in [6.45, 7) is 9.00. The van der Waals surface area contributed by atoms with Crippen LogP contribution in [0.2, 0.25) is 0 Å². The standard InChI is InChI=1S/C15H19N3O2S/c1-5-16-10(3)14-11(4)17-15(21-14)13-8-12(18(19)20)7-6-9(13)2/h6-8,10,16H,5H2,1-4H3. The number of aromatic nitrogens is 1. The molecule has 6 heteroatoms. The molecule has 0 saturated heterocycles. The maximum atomic E-state index is 10.9. The van der Waals surface area contributed by atoms with Crippen molar-refractivity contribution in [3.8, 4) is 10.6 Å². The molecule has 0 amide bonds. The van der Waals surface area contributed by atoms with E-state index in [-0.39, 0.29) is 16.7 Å². The molecule has 1 heterocycles. The molecule has 0 aliphatic carbocycles. The van der Waals surface area contributed by atoms with Crippen molar-refractivity contribution in [3.05, 3.63) is 44.4 Å². The first-order valence-electron chi connectivity index (χ1n) is 6.90. The molecule has 112 valence electrons. The summed E-state index contributed by atoms with van der Waals surface area (Å²) in [6, 6.07) is 5.15. The molecule has 0 bridgehead atoms. The molecule has 0 radical (unpaired) electrons. The number of nitro groups is 1. The first-order valence-corrected chi connectivity index (χ1v) is 7.71. The van der Waals surface area contributed by atoms with Gasteiger partial charge in [-0.1, -0.05) is 13.0 Å². The van der Waals surface area contributed by atoms with Gasteiger partial charge in [0.2, 0.25) is 0 Å². The third-order valence-corrected chi connectivity index (χ3v) is 4.77. The van der Waals surface area contributed by atoms with E-state index in [9.17, 15) is 10.1 Å². The summed E-state index contributed by atoms with van der Waals surface area (Å²) in [7, 11) is 0. The number of aryl methyl sites for hydroxylation is 2. The lowest BCUT2D eigenvalue weighted by Crippen LogP contribution is -2.17. The summed E-state index contributed by atoms with van der Waals surface area (Å²) in [5.74, 6) is 0. The smallest absolute Gasteiger partial charge is 0.270 e. The van der Waals surface area contributed by atoms with Crippen LogP contribution >= 0.6 is 11.3 Å². The normalized spacial score (nSPS) is 12.4. The molecule has 2 aromatic rings. The van der Waals surface area contributed by atoms with Gasteiger partial charge in [-0.05, 0) is 32.9 Å². The number of benzene rings is 1. The van der Waals surface area contributed by atoms with Crippen molar-refractivity contribution in [1.82, 2.24) is 10.3 Å². The second kappa shape index (κ2) is 6.32. The van der Waals surface area contributed by atoms with Gasteiger partial charge in [0.25, 0.3) is 5.69 Å². The van der Waals surface area contributed by atoms with E-state index in [0.717, 1.165) is 28.4 Å². The summed E-state index contributed by atoms with van der Waals surface area (Å²) in [5.41, 5.74) is 2.92. The van der Waals surface area contributed by atoms with Crippen molar-refractivity contribution in [2.45, 2.75) is 33.7 Å². The van der Waals surface area contributed by atoms with Crippen LogP contribution in [0.1, 0.15) is 36.0 Å². The van der Waals surface area contributed by atoms with Gasteiger partial charge in [-0.3, -0.25) is 10.1 Å². The monoisotopic (exact) mass is 305 g/mol. The molecule has 0 spiro atoms. The average Bonchev–Trinajstić information content (AvgIpc) is 2.81. The van der Waals surface area contributed by atoms with E-state index < -0.39 is 0 Å². The third kappa shape index (κ3) is 3.28. The lowest BCUT2D eigenvalue weighted by Gasteiger charge is -2.10. The van der Waals surface area contributed by atoms with Crippen LogP contribution in [0.5, 0.6) is 0 Å². The first kappa shape index (κ1) is 15.6. The second-order valence-corrected chi connectivity index (χ2v) is 6.04. The van der Waals surface area contributed by atoms with Crippen molar-refractivity contribution in [1.29, 1.82) is 0 Å². The summed E-state index contributed by atoms with van der Waals surface area (Å²) < 4.78 is 0. The molecule has 0 aliphatic heterocycles. The van der Waals surface area contributed by atoms with Gasteiger partial charge in [0, 0.05) is 28.6 Å². The van der Waals surface area contributed by atoms with Gasteiger partial charge in [0.15, 0.2) is 0 Å². The second-order valence-electron chi connectivity index (χ2n) is 5.00. The van der Waals surface area contributed by atoms with E-state index in [0.29, 0.717) is 0 Å². The minimum Gasteiger partial charge on any atom is -0.310 e. The lowest BCUT2D eigenvalue weighted by atomic mass is 10.1. The van der Waals surface area contributed by atoms with Crippen molar-refractivity contribution < 1.29 is 4.92 Å². The Morgan fingerprint density at radius 2 is 2.14 bits per heavy atom. The highest BCUT2D eigenvalue weighted by Crippen LogP contribution is 2.34. The van der Waals surface area contributed by atoms with Crippen LogP contribution in [0.25, 0.3) is 10.6 Å². The highest BCUT2D eigenvalue weighted by atomic mass is 32.1. The Morgan fingerprint density at radius 1 is 1.43 bits per heavy atom. The van der Waals surface area contributed by atoms with Crippen LogP contribution in [0.15, 0.2) is 18.2 Å². The van der Waals surface area contributed by atoms with Gasteiger partial charge in [-0.15, -0.1) is 11.3 Å². The SMILES string of the molecule is CCNC(C)c1sc(-c2cc([N+](=O)[O-])ccc2C)nc1C. The minimum absolute atomic E-state index is 0.102. The highest BCUT2D eigenvalue weighted by Gasteiger charge is 2.17. The molecule has 1 aromatic carbocycles. The fraction of sp³-hybridized carbons (Fsp3) is 0.400. The highest BCUT2D eigenvalue weighted by molar-refractivity contribution is 7.15. The molecule has 21 heavy (non-hydrogen) atoms. The molecule has 0 fully saturated rings. The van der Waals surface area contributed by atoms with Gasteiger partial charge in [-0.2, -0.15) is 0 Å². The fourth-order valence-electron chi connectivity index (χ4n) is 2.28. The number of nitrogens with one attached hydrogen (secondary N) is 1. The minimum atomic E-state index is -0.369. The molecule has 1 unspecified atom stereocenters. The number of hydrogen-bond acceptors (Lipinski definition) is 5. The Labute approximate surface area is 128 Å². The van der Waals surface area contributed by atoms with E-state index in [1.165, 1.54) is 10.9 Å². The van der Waals surface area contributed by atoms with Gasteiger partial charge < -0.3 is 5.32 Å². The van der Waals surface area contributed by atoms with Gasteiger partial charge >= 0.3 is 0 Å². The Hall–Kier alpha value is -1.79. The van der Waals surface area contributed by atoms with E-state index in [4.69, 9.17) is 0 Å². The van der Waals surface area contributed by atoms with Crippen LogP contribution in [0, 0.1) is 24.0 Å². The van der Waals surface area contributed by atoms with Crippen LogP contribution in [0.4, 0.5) is 5.69 Å². The van der Waals surface area contributed by atoms with Crippen molar-refractivity contribution in [3.63, 3.8) is 0 Å². The average molecular weight is 305 g/mol. The van der Waals surface area contributed by atoms with E-state index in [1.807, 2.05) is 13.8 Å². The number of rotatable bonds is 5.